The van der Waals surface area contributed by atoms with E-state index in [1.807, 2.05) is 0 Å². The summed E-state index contributed by atoms with van der Waals surface area (Å²) in [5.41, 5.74) is 0. The van der Waals surface area contributed by atoms with Gasteiger partial charge in [-0.2, -0.15) is 4.31 Å². The number of ether oxygens (including phenoxy) is 1. The molecule has 0 aliphatic heterocycles. The standard InChI is InChI=1S/C15H15Cl2NO3S/c1-18(10-11-21-14-6-2-12(16)3-7-14)22(19,20)15-8-4-13(17)5-9-15/h2-9H,10-11H2,1H3. The molecule has 4 nitrogen and oxygen atoms in total. The summed E-state index contributed by atoms with van der Waals surface area (Å²) in [5, 5.41) is 1.11. The molecule has 2 aromatic carbocycles. The lowest BCUT2D eigenvalue weighted by Crippen LogP contribution is -2.31. The lowest BCUT2D eigenvalue weighted by atomic mass is 10.3. The molecule has 0 N–H and O–H groups in total. The summed E-state index contributed by atoms with van der Waals surface area (Å²) in [5.74, 6) is 0.640. The largest absolute Gasteiger partial charge is 0.492 e. The number of hydrogen-bond donors (Lipinski definition) is 0. The number of benzene rings is 2. The summed E-state index contributed by atoms with van der Waals surface area (Å²) in [4.78, 5) is 0.200. The average molecular weight is 360 g/mol. The van der Waals surface area contributed by atoms with Crippen molar-refractivity contribution in [1.82, 2.24) is 4.31 Å². The SMILES string of the molecule is CN(CCOc1ccc(Cl)cc1)S(=O)(=O)c1ccc(Cl)cc1. The van der Waals surface area contributed by atoms with Crippen molar-refractivity contribution in [3.8, 4) is 5.75 Å². The molecule has 0 aromatic heterocycles. The van der Waals surface area contributed by atoms with E-state index in [0.29, 0.717) is 15.8 Å². The second-order valence-corrected chi connectivity index (χ2v) is 7.50. The van der Waals surface area contributed by atoms with Gasteiger partial charge < -0.3 is 4.74 Å². The first-order chi connectivity index (χ1) is 10.4. The van der Waals surface area contributed by atoms with Gasteiger partial charge in [-0.25, -0.2) is 8.42 Å². The zero-order valence-corrected chi connectivity index (χ0v) is 14.2. The van der Waals surface area contributed by atoms with E-state index < -0.39 is 10.0 Å². The topological polar surface area (TPSA) is 46.6 Å². The Bertz CT molecular complexity index is 715. The second kappa shape index (κ2) is 7.33. The maximum atomic E-state index is 12.3. The quantitative estimate of drug-likeness (QED) is 0.789. The molecule has 0 bridgehead atoms. The molecule has 0 fully saturated rings. The highest BCUT2D eigenvalue weighted by Crippen LogP contribution is 2.18. The summed E-state index contributed by atoms with van der Waals surface area (Å²) in [6.45, 7) is 0.471. The molecular formula is C15H15Cl2NO3S. The second-order valence-electron chi connectivity index (χ2n) is 4.58. The molecule has 0 atom stereocenters. The molecule has 118 valence electrons. The Balaban J connectivity index is 1.94. The van der Waals surface area contributed by atoms with E-state index in [1.165, 1.54) is 23.5 Å². The van der Waals surface area contributed by atoms with Crippen LogP contribution < -0.4 is 4.74 Å². The zero-order valence-electron chi connectivity index (χ0n) is 11.9. The van der Waals surface area contributed by atoms with Gasteiger partial charge >= 0.3 is 0 Å². The first-order valence-corrected chi connectivity index (χ1v) is 8.69. The molecule has 0 spiro atoms. The first kappa shape index (κ1) is 17.1. The monoisotopic (exact) mass is 359 g/mol. The van der Waals surface area contributed by atoms with Gasteiger partial charge in [0.1, 0.15) is 12.4 Å². The highest BCUT2D eigenvalue weighted by atomic mass is 35.5. The molecule has 0 amide bonds. The van der Waals surface area contributed by atoms with Crippen LogP contribution in [0.4, 0.5) is 0 Å². The van der Waals surface area contributed by atoms with Crippen LogP contribution in [0.15, 0.2) is 53.4 Å². The molecule has 0 radical (unpaired) electrons. The highest BCUT2D eigenvalue weighted by molar-refractivity contribution is 7.89. The number of nitrogens with zero attached hydrogens (tertiary/aromatic N) is 1. The summed E-state index contributed by atoms with van der Waals surface area (Å²) in [6.07, 6.45) is 0. The number of likely N-dealkylation sites (N-methyl/N-ethyl adjacent to an activating group) is 1. The lowest BCUT2D eigenvalue weighted by molar-refractivity contribution is 0.287. The fourth-order valence-electron chi connectivity index (χ4n) is 1.73. The molecule has 0 aliphatic rings. The van der Waals surface area contributed by atoms with Gasteiger partial charge in [0.2, 0.25) is 10.0 Å². The summed E-state index contributed by atoms with van der Waals surface area (Å²) >= 11 is 11.5. The normalized spacial score (nSPS) is 11.6. The van der Waals surface area contributed by atoms with Crippen LogP contribution >= 0.6 is 23.2 Å². The van der Waals surface area contributed by atoms with Gasteiger partial charge in [-0.05, 0) is 48.5 Å². The molecule has 2 rings (SSSR count). The van der Waals surface area contributed by atoms with Gasteiger partial charge in [0.05, 0.1) is 4.90 Å². The Hall–Kier alpha value is -1.27. The van der Waals surface area contributed by atoms with E-state index in [9.17, 15) is 8.42 Å². The maximum absolute atomic E-state index is 12.3. The minimum absolute atomic E-state index is 0.200. The van der Waals surface area contributed by atoms with Crippen LogP contribution in [0.25, 0.3) is 0 Å². The van der Waals surface area contributed by atoms with E-state index in [2.05, 4.69) is 0 Å². The number of halogens is 2. The molecule has 0 saturated heterocycles. The van der Waals surface area contributed by atoms with Crippen molar-refractivity contribution in [2.24, 2.45) is 0 Å². The van der Waals surface area contributed by atoms with Crippen LogP contribution in [0.5, 0.6) is 5.75 Å². The van der Waals surface area contributed by atoms with Crippen molar-refractivity contribution >= 4 is 33.2 Å². The van der Waals surface area contributed by atoms with Crippen LogP contribution in [0.2, 0.25) is 10.0 Å². The Kier molecular flexibility index (Phi) is 5.69. The first-order valence-electron chi connectivity index (χ1n) is 6.50. The number of sulfonamides is 1. The number of rotatable bonds is 6. The third kappa shape index (κ3) is 4.36. The van der Waals surface area contributed by atoms with Gasteiger partial charge in [0.25, 0.3) is 0 Å². The third-order valence-electron chi connectivity index (χ3n) is 3.01. The van der Waals surface area contributed by atoms with Crippen LogP contribution in [0.1, 0.15) is 0 Å². The van der Waals surface area contributed by atoms with Crippen molar-refractivity contribution in [2.75, 3.05) is 20.2 Å². The summed E-state index contributed by atoms with van der Waals surface area (Å²) < 4.78 is 31.4. The Labute approximate surface area is 140 Å². The molecule has 22 heavy (non-hydrogen) atoms. The fraction of sp³-hybridized carbons (Fsp3) is 0.200. The molecule has 2 aromatic rings. The zero-order chi connectivity index (χ0) is 16.2. The van der Waals surface area contributed by atoms with Crippen molar-refractivity contribution in [1.29, 1.82) is 0 Å². The van der Waals surface area contributed by atoms with Crippen molar-refractivity contribution in [3.05, 3.63) is 58.6 Å². The van der Waals surface area contributed by atoms with Gasteiger partial charge in [0.15, 0.2) is 0 Å². The minimum Gasteiger partial charge on any atom is -0.492 e. The van der Waals surface area contributed by atoms with Crippen molar-refractivity contribution in [2.45, 2.75) is 4.90 Å². The molecule has 0 heterocycles. The number of hydrogen-bond acceptors (Lipinski definition) is 3. The van der Waals surface area contributed by atoms with Crippen LogP contribution in [-0.2, 0) is 10.0 Å². The van der Waals surface area contributed by atoms with E-state index in [0.717, 1.165) is 0 Å². The lowest BCUT2D eigenvalue weighted by Gasteiger charge is -2.17. The van der Waals surface area contributed by atoms with E-state index in [-0.39, 0.29) is 18.0 Å². The maximum Gasteiger partial charge on any atom is 0.242 e. The predicted molar refractivity (Wildman–Crippen MR) is 88.2 cm³/mol. The van der Waals surface area contributed by atoms with E-state index in [4.69, 9.17) is 27.9 Å². The fourth-order valence-corrected chi connectivity index (χ4v) is 3.14. The smallest absolute Gasteiger partial charge is 0.242 e. The molecule has 0 aliphatic carbocycles. The van der Waals surface area contributed by atoms with Gasteiger partial charge in [-0.15, -0.1) is 0 Å². The van der Waals surface area contributed by atoms with E-state index in [1.54, 1.807) is 36.4 Å². The third-order valence-corrected chi connectivity index (χ3v) is 5.39. The predicted octanol–water partition coefficient (Wildman–Crippen LogP) is 3.69. The van der Waals surface area contributed by atoms with E-state index >= 15 is 0 Å². The Morgan fingerprint density at radius 1 is 0.955 bits per heavy atom. The Morgan fingerprint density at radius 2 is 1.45 bits per heavy atom. The summed E-state index contributed by atoms with van der Waals surface area (Å²) in [7, 11) is -2.03. The molecule has 0 unspecified atom stereocenters. The summed E-state index contributed by atoms with van der Waals surface area (Å²) in [6, 6.07) is 12.9. The Morgan fingerprint density at radius 3 is 2.00 bits per heavy atom. The molecular weight excluding hydrogens is 345 g/mol. The molecule has 0 saturated carbocycles. The van der Waals surface area contributed by atoms with Crippen LogP contribution in [-0.4, -0.2) is 32.9 Å². The molecule has 7 heteroatoms. The highest BCUT2D eigenvalue weighted by Gasteiger charge is 2.20. The van der Waals surface area contributed by atoms with Gasteiger partial charge in [-0.3, -0.25) is 0 Å². The van der Waals surface area contributed by atoms with Crippen molar-refractivity contribution < 1.29 is 13.2 Å². The van der Waals surface area contributed by atoms with Crippen LogP contribution in [0, 0.1) is 0 Å². The van der Waals surface area contributed by atoms with Gasteiger partial charge in [0, 0.05) is 23.6 Å². The minimum atomic E-state index is -3.54. The van der Waals surface area contributed by atoms with Gasteiger partial charge in [-0.1, -0.05) is 23.2 Å². The average Bonchev–Trinajstić information content (AvgIpc) is 2.49. The van der Waals surface area contributed by atoms with Crippen molar-refractivity contribution in [3.63, 3.8) is 0 Å². The van der Waals surface area contributed by atoms with Crippen LogP contribution in [0.3, 0.4) is 0 Å².